The minimum Gasteiger partial charge on any atom is -0.380 e. The van der Waals surface area contributed by atoms with Crippen LogP contribution in [0.25, 0.3) is 0 Å². The van der Waals surface area contributed by atoms with Crippen molar-refractivity contribution >= 4 is 0 Å². The highest BCUT2D eigenvalue weighted by Gasteiger charge is 2.37. The van der Waals surface area contributed by atoms with Gasteiger partial charge in [0.15, 0.2) is 0 Å². The number of rotatable bonds is 4. The van der Waals surface area contributed by atoms with Crippen molar-refractivity contribution in [1.82, 2.24) is 0 Å². The quantitative estimate of drug-likeness (QED) is 0.728. The highest BCUT2D eigenvalue weighted by atomic mass is 16.5. The molecule has 0 amide bonds. The molecule has 0 aromatic rings. The zero-order valence-corrected chi connectivity index (χ0v) is 9.18. The molecule has 2 heteroatoms. The van der Waals surface area contributed by atoms with Crippen LogP contribution >= 0.6 is 0 Å². The Labute approximate surface area is 81.8 Å². The molecule has 0 aliphatic heterocycles. The third-order valence-electron chi connectivity index (χ3n) is 3.37. The van der Waals surface area contributed by atoms with E-state index in [1.165, 1.54) is 19.3 Å². The van der Waals surface area contributed by atoms with Crippen LogP contribution in [0.4, 0.5) is 0 Å². The first-order valence-corrected chi connectivity index (χ1v) is 5.41. The van der Waals surface area contributed by atoms with E-state index in [9.17, 15) is 0 Å². The lowest BCUT2D eigenvalue weighted by Crippen LogP contribution is -2.39. The van der Waals surface area contributed by atoms with Gasteiger partial charge in [0.1, 0.15) is 0 Å². The Morgan fingerprint density at radius 2 is 2.23 bits per heavy atom. The van der Waals surface area contributed by atoms with Crippen molar-refractivity contribution in [2.45, 2.75) is 46.1 Å². The summed E-state index contributed by atoms with van der Waals surface area (Å²) in [5, 5.41) is 0. The van der Waals surface area contributed by atoms with Gasteiger partial charge in [-0.05, 0) is 31.1 Å². The highest BCUT2D eigenvalue weighted by molar-refractivity contribution is 4.90. The summed E-state index contributed by atoms with van der Waals surface area (Å²) >= 11 is 0. The van der Waals surface area contributed by atoms with Gasteiger partial charge in [0.2, 0.25) is 0 Å². The van der Waals surface area contributed by atoms with Gasteiger partial charge in [-0.25, -0.2) is 0 Å². The second kappa shape index (κ2) is 4.43. The van der Waals surface area contributed by atoms with Crippen LogP contribution in [-0.4, -0.2) is 19.3 Å². The van der Waals surface area contributed by atoms with E-state index < -0.39 is 0 Å². The van der Waals surface area contributed by atoms with Crippen LogP contribution in [-0.2, 0) is 4.74 Å². The van der Waals surface area contributed by atoms with Crippen molar-refractivity contribution in [3.8, 4) is 0 Å². The maximum absolute atomic E-state index is 6.12. The molecule has 0 radical (unpaired) electrons. The summed E-state index contributed by atoms with van der Waals surface area (Å²) < 4.78 is 5.38. The smallest absolute Gasteiger partial charge is 0.0620 e. The molecule has 2 unspecified atom stereocenters. The molecular weight excluding hydrogens is 162 g/mol. The molecule has 1 rings (SSSR count). The first-order chi connectivity index (χ1) is 6.08. The zero-order chi connectivity index (χ0) is 9.90. The van der Waals surface area contributed by atoms with E-state index in [0.29, 0.717) is 11.3 Å². The Hall–Kier alpha value is -0.0800. The fourth-order valence-electron chi connectivity index (χ4n) is 2.52. The summed E-state index contributed by atoms with van der Waals surface area (Å²) in [5.41, 5.74) is 6.54. The predicted molar refractivity (Wildman–Crippen MR) is 55.6 cm³/mol. The van der Waals surface area contributed by atoms with Crippen LogP contribution < -0.4 is 5.73 Å². The molecule has 1 aliphatic carbocycles. The zero-order valence-electron chi connectivity index (χ0n) is 9.18. The van der Waals surface area contributed by atoms with Gasteiger partial charge in [-0.2, -0.15) is 0 Å². The molecule has 2 N–H and O–H groups in total. The molecule has 0 aromatic heterocycles. The first kappa shape index (κ1) is 11.0. The van der Waals surface area contributed by atoms with Crippen LogP contribution in [0.2, 0.25) is 0 Å². The lowest BCUT2D eigenvalue weighted by Gasteiger charge is -2.31. The van der Waals surface area contributed by atoms with E-state index in [1.54, 1.807) is 0 Å². The van der Waals surface area contributed by atoms with Gasteiger partial charge in [-0.1, -0.05) is 20.3 Å². The van der Waals surface area contributed by atoms with E-state index >= 15 is 0 Å². The van der Waals surface area contributed by atoms with Crippen LogP contribution in [0.1, 0.15) is 40.0 Å². The van der Waals surface area contributed by atoms with Gasteiger partial charge >= 0.3 is 0 Å². The minimum absolute atomic E-state index is 0.234. The standard InChI is InChI=1S/C11H23NO/c1-4-13-8-10(12)9-6-5-7-11(9,2)3/h9-10H,4-8,12H2,1-3H3. The van der Waals surface area contributed by atoms with Gasteiger partial charge in [-0.3, -0.25) is 0 Å². The van der Waals surface area contributed by atoms with Crippen molar-refractivity contribution < 1.29 is 4.74 Å². The first-order valence-electron chi connectivity index (χ1n) is 5.41. The number of nitrogens with two attached hydrogens (primary N) is 1. The third kappa shape index (κ3) is 2.68. The molecule has 13 heavy (non-hydrogen) atoms. The van der Waals surface area contributed by atoms with E-state index in [0.717, 1.165) is 13.2 Å². The maximum Gasteiger partial charge on any atom is 0.0620 e. The highest BCUT2D eigenvalue weighted by Crippen LogP contribution is 2.43. The molecule has 1 aliphatic rings. The summed E-state index contributed by atoms with van der Waals surface area (Å²) in [6.07, 6.45) is 3.93. The Kier molecular flexibility index (Phi) is 3.74. The maximum atomic E-state index is 6.12. The fourth-order valence-corrected chi connectivity index (χ4v) is 2.52. The molecule has 1 fully saturated rings. The average molecular weight is 185 g/mol. The molecule has 0 heterocycles. The van der Waals surface area contributed by atoms with Crippen LogP contribution in [0.5, 0.6) is 0 Å². The van der Waals surface area contributed by atoms with Crippen molar-refractivity contribution in [3.63, 3.8) is 0 Å². The number of hydrogen-bond donors (Lipinski definition) is 1. The fraction of sp³-hybridized carbons (Fsp3) is 1.00. The minimum atomic E-state index is 0.234. The van der Waals surface area contributed by atoms with Gasteiger partial charge in [0.25, 0.3) is 0 Å². The molecule has 2 nitrogen and oxygen atoms in total. The Morgan fingerprint density at radius 3 is 2.69 bits per heavy atom. The summed E-state index contributed by atoms with van der Waals surface area (Å²) in [6.45, 7) is 8.19. The lowest BCUT2D eigenvalue weighted by molar-refractivity contribution is 0.0924. The van der Waals surface area contributed by atoms with Gasteiger partial charge in [-0.15, -0.1) is 0 Å². The lowest BCUT2D eigenvalue weighted by atomic mass is 9.78. The Balaban J connectivity index is 2.41. The van der Waals surface area contributed by atoms with Gasteiger partial charge < -0.3 is 10.5 Å². The summed E-state index contributed by atoms with van der Waals surface area (Å²) in [4.78, 5) is 0. The monoisotopic (exact) mass is 185 g/mol. The van der Waals surface area contributed by atoms with Crippen molar-refractivity contribution in [1.29, 1.82) is 0 Å². The summed E-state index contributed by atoms with van der Waals surface area (Å²) in [6, 6.07) is 0.234. The molecule has 2 atom stereocenters. The van der Waals surface area contributed by atoms with E-state index in [1.807, 2.05) is 6.92 Å². The van der Waals surface area contributed by atoms with Gasteiger partial charge in [0.05, 0.1) is 6.61 Å². The van der Waals surface area contributed by atoms with Crippen molar-refractivity contribution in [3.05, 3.63) is 0 Å². The molecule has 1 saturated carbocycles. The molecule has 0 spiro atoms. The Bertz CT molecular complexity index is 156. The van der Waals surface area contributed by atoms with Crippen molar-refractivity contribution in [2.24, 2.45) is 17.1 Å². The number of hydrogen-bond acceptors (Lipinski definition) is 2. The molecule has 78 valence electrons. The van der Waals surface area contributed by atoms with Crippen LogP contribution in [0.3, 0.4) is 0 Å². The third-order valence-corrected chi connectivity index (χ3v) is 3.37. The second-order valence-corrected chi connectivity index (χ2v) is 4.81. The summed E-state index contributed by atoms with van der Waals surface area (Å²) in [5.74, 6) is 0.652. The van der Waals surface area contributed by atoms with Crippen molar-refractivity contribution in [2.75, 3.05) is 13.2 Å². The Morgan fingerprint density at radius 1 is 1.54 bits per heavy atom. The predicted octanol–water partition coefficient (Wildman–Crippen LogP) is 2.18. The largest absolute Gasteiger partial charge is 0.380 e. The SMILES string of the molecule is CCOCC(N)C1CCCC1(C)C. The molecule has 0 aromatic carbocycles. The van der Waals surface area contributed by atoms with E-state index in [4.69, 9.17) is 10.5 Å². The average Bonchev–Trinajstić information content (AvgIpc) is 2.41. The summed E-state index contributed by atoms with van der Waals surface area (Å²) in [7, 11) is 0. The molecule has 0 saturated heterocycles. The number of ether oxygens (including phenoxy) is 1. The van der Waals surface area contributed by atoms with Crippen LogP contribution in [0, 0.1) is 11.3 Å². The molecular formula is C11H23NO. The molecule has 0 bridgehead atoms. The van der Waals surface area contributed by atoms with E-state index in [2.05, 4.69) is 13.8 Å². The normalized spacial score (nSPS) is 29.1. The van der Waals surface area contributed by atoms with Crippen LogP contribution in [0.15, 0.2) is 0 Å². The second-order valence-electron chi connectivity index (χ2n) is 4.81. The topological polar surface area (TPSA) is 35.2 Å². The van der Waals surface area contributed by atoms with Gasteiger partial charge in [0, 0.05) is 12.6 Å². The van der Waals surface area contributed by atoms with E-state index in [-0.39, 0.29) is 6.04 Å².